The minimum atomic E-state index is -0.714. The van der Waals surface area contributed by atoms with Gasteiger partial charge in [0, 0.05) is 4.90 Å². The van der Waals surface area contributed by atoms with E-state index < -0.39 is 10.7 Å². The molecule has 0 spiro atoms. The first kappa shape index (κ1) is 15.1. The van der Waals surface area contributed by atoms with E-state index in [0.29, 0.717) is 0 Å². The van der Waals surface area contributed by atoms with E-state index in [1.54, 1.807) is 0 Å². The monoisotopic (exact) mass is 314 g/mol. The molecular formula is C18H18O3S. The smallest absolute Gasteiger partial charge is 0.320 e. The van der Waals surface area contributed by atoms with Gasteiger partial charge in [0.2, 0.25) is 0 Å². The lowest BCUT2D eigenvalue weighted by molar-refractivity contribution is -0.142. The third kappa shape index (κ3) is 2.76. The number of thioether (sulfide) groups is 1. The maximum atomic E-state index is 11.6. The van der Waals surface area contributed by atoms with Crippen LogP contribution in [0.3, 0.4) is 0 Å². The van der Waals surface area contributed by atoms with Crippen molar-refractivity contribution in [3.63, 3.8) is 0 Å². The Balaban J connectivity index is 1.94. The van der Waals surface area contributed by atoms with Crippen LogP contribution in [-0.2, 0) is 11.4 Å². The van der Waals surface area contributed by atoms with Crippen molar-refractivity contribution in [3.8, 4) is 11.1 Å². The van der Waals surface area contributed by atoms with Crippen molar-refractivity contribution in [2.45, 2.75) is 35.5 Å². The first-order valence-electron chi connectivity index (χ1n) is 7.36. The summed E-state index contributed by atoms with van der Waals surface area (Å²) in [5.41, 5.74) is 2.96. The van der Waals surface area contributed by atoms with E-state index in [1.807, 2.05) is 48.5 Å². The molecule has 2 aromatic rings. The molecule has 1 aliphatic rings. The number of hydrogen-bond donors (Lipinski definition) is 2. The predicted molar refractivity (Wildman–Crippen MR) is 87.9 cm³/mol. The highest BCUT2D eigenvalue weighted by Crippen LogP contribution is 2.49. The predicted octanol–water partition coefficient (Wildman–Crippen LogP) is 3.95. The van der Waals surface area contributed by atoms with Gasteiger partial charge in [-0.3, -0.25) is 4.79 Å². The second kappa shape index (κ2) is 6.15. The molecule has 3 rings (SSSR count). The molecule has 0 aliphatic heterocycles. The van der Waals surface area contributed by atoms with Crippen LogP contribution < -0.4 is 0 Å². The van der Waals surface area contributed by atoms with Crippen molar-refractivity contribution in [3.05, 3.63) is 54.1 Å². The van der Waals surface area contributed by atoms with E-state index >= 15 is 0 Å². The Morgan fingerprint density at radius 1 is 1.09 bits per heavy atom. The number of benzene rings is 2. The minimum absolute atomic E-state index is 0.0266. The van der Waals surface area contributed by atoms with Gasteiger partial charge >= 0.3 is 5.97 Å². The molecule has 0 unspecified atom stereocenters. The number of aliphatic hydroxyl groups excluding tert-OH is 1. The summed E-state index contributed by atoms with van der Waals surface area (Å²) in [6.45, 7) is 0.0266. The molecule has 1 aliphatic carbocycles. The molecule has 22 heavy (non-hydrogen) atoms. The van der Waals surface area contributed by atoms with Gasteiger partial charge in [-0.05, 0) is 42.0 Å². The van der Waals surface area contributed by atoms with Crippen LogP contribution in [-0.4, -0.2) is 20.9 Å². The Morgan fingerprint density at radius 3 is 2.32 bits per heavy atom. The molecule has 1 fully saturated rings. The highest BCUT2D eigenvalue weighted by atomic mass is 32.2. The van der Waals surface area contributed by atoms with Crippen molar-refractivity contribution in [1.82, 2.24) is 0 Å². The lowest BCUT2D eigenvalue weighted by Crippen LogP contribution is -2.41. The Morgan fingerprint density at radius 2 is 1.77 bits per heavy atom. The van der Waals surface area contributed by atoms with Crippen LogP contribution in [0.15, 0.2) is 53.4 Å². The highest BCUT2D eigenvalue weighted by Gasteiger charge is 2.45. The molecule has 114 valence electrons. The lowest BCUT2D eigenvalue weighted by Gasteiger charge is -2.37. The number of hydrogen-bond acceptors (Lipinski definition) is 3. The van der Waals surface area contributed by atoms with Gasteiger partial charge in [-0.15, -0.1) is 11.8 Å². The van der Waals surface area contributed by atoms with Gasteiger partial charge in [-0.2, -0.15) is 0 Å². The Labute approximate surface area is 134 Å². The maximum Gasteiger partial charge on any atom is 0.320 e. The quantitative estimate of drug-likeness (QED) is 0.877. The molecule has 0 atom stereocenters. The first-order chi connectivity index (χ1) is 10.6. The van der Waals surface area contributed by atoms with Gasteiger partial charge in [0.05, 0.1) is 6.61 Å². The molecule has 0 saturated heterocycles. The fourth-order valence-electron chi connectivity index (χ4n) is 2.65. The number of aliphatic hydroxyl groups is 1. The van der Waals surface area contributed by atoms with Crippen molar-refractivity contribution in [2.75, 3.05) is 0 Å². The third-order valence-electron chi connectivity index (χ3n) is 4.19. The normalized spacial score (nSPS) is 16.0. The molecule has 3 nitrogen and oxygen atoms in total. The number of rotatable bonds is 5. The standard InChI is InChI=1S/C18H18O3S/c19-12-13-6-8-14(9-7-13)15-4-1-2-5-16(15)22-18(17(20)21)10-3-11-18/h1-2,4-9,19H,3,10-12H2,(H,20,21). The number of carbonyl (C=O) groups is 1. The average Bonchev–Trinajstić information content (AvgIpc) is 2.51. The second-order valence-corrected chi connectivity index (χ2v) is 7.03. The summed E-state index contributed by atoms with van der Waals surface area (Å²) in [5.74, 6) is -0.714. The van der Waals surface area contributed by atoms with Gasteiger partial charge in [-0.1, -0.05) is 42.5 Å². The maximum absolute atomic E-state index is 11.6. The van der Waals surface area contributed by atoms with Crippen molar-refractivity contribution >= 4 is 17.7 Å². The molecule has 0 aromatic heterocycles. The SMILES string of the molecule is O=C(O)C1(Sc2ccccc2-c2ccc(CO)cc2)CCC1. The topological polar surface area (TPSA) is 57.5 Å². The van der Waals surface area contributed by atoms with E-state index in [-0.39, 0.29) is 6.61 Å². The van der Waals surface area contributed by atoms with Gasteiger partial charge in [0.25, 0.3) is 0 Å². The van der Waals surface area contributed by atoms with Gasteiger partial charge in [0.15, 0.2) is 0 Å². The molecule has 2 N–H and O–H groups in total. The van der Waals surface area contributed by atoms with Gasteiger partial charge in [0.1, 0.15) is 4.75 Å². The molecule has 4 heteroatoms. The largest absolute Gasteiger partial charge is 0.480 e. The van der Waals surface area contributed by atoms with E-state index in [2.05, 4.69) is 0 Å². The molecule has 0 amide bonds. The van der Waals surface area contributed by atoms with Gasteiger partial charge < -0.3 is 10.2 Å². The summed E-state index contributed by atoms with van der Waals surface area (Å²) < 4.78 is -0.666. The number of carboxylic acid groups (broad SMARTS) is 1. The summed E-state index contributed by atoms with van der Waals surface area (Å²) >= 11 is 1.47. The Kier molecular flexibility index (Phi) is 4.23. The van der Waals surface area contributed by atoms with Crippen molar-refractivity contribution in [1.29, 1.82) is 0 Å². The van der Waals surface area contributed by atoms with E-state index in [0.717, 1.165) is 40.8 Å². The van der Waals surface area contributed by atoms with Crippen LogP contribution in [0.25, 0.3) is 11.1 Å². The van der Waals surface area contributed by atoms with Crippen LogP contribution in [0, 0.1) is 0 Å². The molecule has 0 radical (unpaired) electrons. The zero-order valence-corrected chi connectivity index (χ0v) is 13.0. The van der Waals surface area contributed by atoms with Crippen LogP contribution in [0.2, 0.25) is 0 Å². The van der Waals surface area contributed by atoms with E-state index in [4.69, 9.17) is 5.11 Å². The molecule has 1 saturated carbocycles. The summed E-state index contributed by atoms with van der Waals surface area (Å²) in [7, 11) is 0. The molecular weight excluding hydrogens is 296 g/mol. The zero-order chi connectivity index (χ0) is 15.6. The molecule has 0 bridgehead atoms. The van der Waals surface area contributed by atoms with Crippen LogP contribution in [0.4, 0.5) is 0 Å². The van der Waals surface area contributed by atoms with Crippen molar-refractivity contribution < 1.29 is 15.0 Å². The summed E-state index contributed by atoms with van der Waals surface area (Å²) in [6.07, 6.45) is 2.43. The Hall–Kier alpha value is -1.78. The Bertz CT molecular complexity index is 675. The number of carboxylic acids is 1. The summed E-state index contributed by atoms with van der Waals surface area (Å²) in [6, 6.07) is 15.7. The number of aliphatic carboxylic acids is 1. The summed E-state index contributed by atoms with van der Waals surface area (Å²) in [5, 5.41) is 18.7. The zero-order valence-electron chi connectivity index (χ0n) is 12.2. The third-order valence-corrected chi connectivity index (χ3v) is 5.74. The van der Waals surface area contributed by atoms with Crippen LogP contribution in [0.1, 0.15) is 24.8 Å². The van der Waals surface area contributed by atoms with Crippen LogP contribution >= 0.6 is 11.8 Å². The van der Waals surface area contributed by atoms with Crippen LogP contribution in [0.5, 0.6) is 0 Å². The van der Waals surface area contributed by atoms with Gasteiger partial charge in [-0.25, -0.2) is 0 Å². The fourth-order valence-corrected chi connectivity index (χ4v) is 4.10. The second-order valence-electron chi connectivity index (χ2n) is 5.61. The van der Waals surface area contributed by atoms with Crippen molar-refractivity contribution in [2.24, 2.45) is 0 Å². The highest BCUT2D eigenvalue weighted by molar-refractivity contribution is 8.01. The molecule has 2 aromatic carbocycles. The summed E-state index contributed by atoms with van der Waals surface area (Å²) in [4.78, 5) is 12.6. The minimum Gasteiger partial charge on any atom is -0.480 e. The molecule has 0 heterocycles. The average molecular weight is 314 g/mol. The van der Waals surface area contributed by atoms with E-state index in [9.17, 15) is 9.90 Å². The first-order valence-corrected chi connectivity index (χ1v) is 8.18. The van der Waals surface area contributed by atoms with E-state index in [1.165, 1.54) is 11.8 Å². The fraction of sp³-hybridized carbons (Fsp3) is 0.278. The lowest BCUT2D eigenvalue weighted by atomic mass is 9.84.